The van der Waals surface area contributed by atoms with Crippen molar-refractivity contribution in [3.8, 4) is 45.7 Å². The molecule has 16 nitrogen and oxygen atoms in total. The highest BCUT2D eigenvalue weighted by molar-refractivity contribution is 5.91. The fraction of sp³-hybridized carbons (Fsp3) is 0.347. The lowest BCUT2D eigenvalue weighted by Gasteiger charge is -2.38. The molecule has 0 bridgehead atoms. The second kappa shape index (κ2) is 15.7. The lowest BCUT2D eigenvalue weighted by atomic mass is 9.85. The molecule has 0 radical (unpaired) electrons. The monoisotopic (exact) mass is 879 g/mol. The molecule has 1 fully saturated rings. The third-order valence-electron chi connectivity index (χ3n) is 13.7. The van der Waals surface area contributed by atoms with E-state index in [-0.39, 0.29) is 59.7 Å². The van der Waals surface area contributed by atoms with Crippen LogP contribution < -0.4 is 11.2 Å². The predicted octanol–water partition coefficient (Wildman–Crippen LogP) is 7.32. The number of carbonyl (C=O) groups excluding carboxylic acids is 2. The Hall–Kier alpha value is -7.36. The zero-order valence-electron chi connectivity index (χ0n) is 36.6. The number of aromatic nitrogens is 6. The van der Waals surface area contributed by atoms with Gasteiger partial charge in [-0.05, 0) is 110 Å². The second-order valence-electron chi connectivity index (χ2n) is 17.7. The molecule has 0 aliphatic carbocycles. The summed E-state index contributed by atoms with van der Waals surface area (Å²) in [6.07, 6.45) is 4.42. The van der Waals surface area contributed by atoms with E-state index in [4.69, 9.17) is 14.5 Å². The highest BCUT2D eigenvalue weighted by Gasteiger charge is 2.51. The normalized spacial score (nSPS) is 17.1. The van der Waals surface area contributed by atoms with Crippen LogP contribution in [0.1, 0.15) is 87.1 Å². The van der Waals surface area contributed by atoms with E-state index < -0.39 is 23.4 Å². The van der Waals surface area contributed by atoms with Crippen LogP contribution >= 0.6 is 0 Å². The first-order valence-corrected chi connectivity index (χ1v) is 22.2. The Bertz CT molecular complexity index is 3230. The predicted molar refractivity (Wildman–Crippen MR) is 241 cm³/mol. The van der Waals surface area contributed by atoms with Crippen LogP contribution in [0.15, 0.2) is 76.4 Å². The summed E-state index contributed by atoms with van der Waals surface area (Å²) in [4.78, 5) is 61.5. The van der Waals surface area contributed by atoms with Crippen LogP contribution in [0.5, 0.6) is 17.2 Å². The Morgan fingerprint density at radius 1 is 0.969 bits per heavy atom. The molecule has 0 spiro atoms. The Kier molecular flexibility index (Phi) is 10.1. The number of likely N-dealkylation sites (tertiary alicyclic amines) is 1. The molecule has 7 aromatic rings. The number of ether oxygens (including phenoxy) is 2. The third kappa shape index (κ3) is 6.72. The molecule has 1 atom stereocenters. The maximum absolute atomic E-state index is 14.2. The number of aryl methyl sites for hydroxylation is 2. The standard InChI is InChI=1S/C49H49N7O9/c1-5-31-33-20-30(57)8-9-38(33)50-43-35(31)24-55-40(43)22-37-36(45(55)60)25-64-46(61)49(37,6-2)65-48(63)54-16-12-27(13-17-54)11-15-53-18-14-28-19-29(7-10-39(28)53)56-44(51-52-47(56)62)34-21-32(26(3)4)41(58)23-42(34)59/h7-10,14,18-23,26-27,57-59H,5-6,11-13,15-17,24-25H2,1-4H3,(H,52,62)/t49-/m0/s1. The van der Waals surface area contributed by atoms with Crippen molar-refractivity contribution in [1.82, 2.24) is 33.8 Å². The van der Waals surface area contributed by atoms with Crippen molar-refractivity contribution < 1.29 is 34.4 Å². The van der Waals surface area contributed by atoms with Gasteiger partial charge in [-0.3, -0.25) is 4.79 Å². The molecule has 1 saturated heterocycles. The van der Waals surface area contributed by atoms with Crippen molar-refractivity contribution >= 4 is 33.9 Å². The van der Waals surface area contributed by atoms with E-state index >= 15 is 0 Å². The fourth-order valence-corrected chi connectivity index (χ4v) is 10.1. The number of phenolic OH excluding ortho intramolecular Hbond substituents is 3. The average molecular weight is 880 g/mol. The summed E-state index contributed by atoms with van der Waals surface area (Å²) < 4.78 is 17.0. The van der Waals surface area contributed by atoms with Gasteiger partial charge < -0.3 is 38.8 Å². The van der Waals surface area contributed by atoms with Crippen molar-refractivity contribution in [2.24, 2.45) is 5.92 Å². The number of esters is 1. The summed E-state index contributed by atoms with van der Waals surface area (Å²) in [6.45, 7) is 9.27. The first-order valence-electron chi connectivity index (χ1n) is 22.2. The molecular formula is C49H49N7O9. The number of nitrogens with zero attached hydrogens (tertiary/aromatic N) is 6. The molecule has 65 heavy (non-hydrogen) atoms. The molecule has 0 saturated carbocycles. The van der Waals surface area contributed by atoms with Gasteiger partial charge in [0.1, 0.15) is 23.9 Å². The van der Waals surface area contributed by atoms with Gasteiger partial charge in [0, 0.05) is 59.3 Å². The highest BCUT2D eigenvalue weighted by Crippen LogP contribution is 2.43. The molecule has 3 aliphatic rings. The highest BCUT2D eigenvalue weighted by atomic mass is 16.6. The Morgan fingerprint density at radius 3 is 2.52 bits per heavy atom. The minimum absolute atomic E-state index is 0.0285. The molecule has 3 aliphatic heterocycles. The van der Waals surface area contributed by atoms with Gasteiger partial charge in [0.05, 0.1) is 40.3 Å². The zero-order chi connectivity index (χ0) is 45.5. The number of phenols is 3. The van der Waals surface area contributed by atoms with E-state index in [9.17, 15) is 34.5 Å². The van der Waals surface area contributed by atoms with Crippen LogP contribution in [0.25, 0.3) is 50.3 Å². The Morgan fingerprint density at radius 2 is 1.77 bits per heavy atom. The van der Waals surface area contributed by atoms with E-state index in [1.807, 2.05) is 51.2 Å². The van der Waals surface area contributed by atoms with Gasteiger partial charge in [0.15, 0.2) is 5.82 Å². The Labute approximate surface area is 372 Å². The molecule has 7 heterocycles. The van der Waals surface area contributed by atoms with Crippen molar-refractivity contribution in [3.63, 3.8) is 0 Å². The molecule has 334 valence electrons. The van der Waals surface area contributed by atoms with E-state index in [1.54, 1.807) is 46.7 Å². The van der Waals surface area contributed by atoms with Gasteiger partial charge in [0.2, 0.25) is 5.60 Å². The average Bonchev–Trinajstić information content (AvgIpc) is 4.00. The number of hydrogen-bond donors (Lipinski definition) is 4. The summed E-state index contributed by atoms with van der Waals surface area (Å²) in [5, 5.41) is 39.8. The number of aromatic amines is 1. The SMILES string of the molecule is CCc1c2c(nc3ccc(O)cc13)-c1cc3c(c(=O)n1C2)COC(=O)[C@@]3(CC)OC(=O)N1CCC(CCn2ccc3cc(-n4c(-c5cc(C(C)C)c(O)cc5O)n[nH]c4=O)ccc32)CC1. The third-order valence-corrected chi connectivity index (χ3v) is 13.7. The maximum atomic E-state index is 14.2. The number of rotatable bonds is 9. The molecule has 16 heteroatoms. The molecule has 4 aromatic heterocycles. The first-order chi connectivity index (χ1) is 31.3. The largest absolute Gasteiger partial charge is 0.508 e. The second-order valence-corrected chi connectivity index (χ2v) is 17.7. The Balaban J connectivity index is 0.832. The van der Waals surface area contributed by atoms with Gasteiger partial charge in [-0.25, -0.2) is 29.0 Å². The smallest absolute Gasteiger partial charge is 0.411 e. The molecule has 4 N–H and O–H groups in total. The van der Waals surface area contributed by atoms with Crippen molar-refractivity contribution in [3.05, 3.63) is 116 Å². The first kappa shape index (κ1) is 41.6. The van der Waals surface area contributed by atoms with Gasteiger partial charge in [-0.15, -0.1) is 0 Å². The molecule has 10 rings (SSSR count). The van der Waals surface area contributed by atoms with Crippen LogP contribution in [-0.2, 0) is 46.0 Å². The number of H-pyrrole nitrogens is 1. The fourth-order valence-electron chi connectivity index (χ4n) is 10.1. The van der Waals surface area contributed by atoms with E-state index in [0.717, 1.165) is 53.2 Å². The lowest BCUT2D eigenvalue weighted by molar-refractivity contribution is -0.173. The number of hydrogen-bond acceptors (Lipinski definition) is 11. The number of carbonyl (C=O) groups is 2. The van der Waals surface area contributed by atoms with Crippen LogP contribution in [0.2, 0.25) is 0 Å². The van der Waals surface area contributed by atoms with Gasteiger partial charge in [-0.1, -0.05) is 27.7 Å². The van der Waals surface area contributed by atoms with Crippen LogP contribution in [0.4, 0.5) is 4.79 Å². The summed E-state index contributed by atoms with van der Waals surface area (Å²) in [5.41, 5.74) is 4.21. The van der Waals surface area contributed by atoms with E-state index in [2.05, 4.69) is 14.8 Å². The van der Waals surface area contributed by atoms with Gasteiger partial charge >= 0.3 is 17.8 Å². The van der Waals surface area contributed by atoms with Crippen LogP contribution in [0, 0.1) is 5.92 Å². The number of piperidine rings is 1. The minimum Gasteiger partial charge on any atom is -0.508 e. The van der Waals surface area contributed by atoms with Crippen molar-refractivity contribution in [2.45, 2.75) is 91.0 Å². The van der Waals surface area contributed by atoms with Gasteiger partial charge in [-0.2, -0.15) is 5.10 Å². The number of amides is 1. The zero-order valence-corrected chi connectivity index (χ0v) is 36.6. The molecule has 1 amide bonds. The molecular weight excluding hydrogens is 831 g/mol. The van der Waals surface area contributed by atoms with E-state index in [1.165, 1.54) is 10.6 Å². The van der Waals surface area contributed by atoms with Crippen LogP contribution in [-0.4, -0.2) is 74.3 Å². The summed E-state index contributed by atoms with van der Waals surface area (Å²) in [7, 11) is 0. The van der Waals surface area contributed by atoms with Crippen molar-refractivity contribution in [2.75, 3.05) is 13.1 Å². The minimum atomic E-state index is -1.82. The van der Waals surface area contributed by atoms with E-state index in [0.29, 0.717) is 64.7 Å². The number of cyclic esters (lactones) is 1. The quantitative estimate of drug-likeness (QED) is 0.106. The summed E-state index contributed by atoms with van der Waals surface area (Å²) >= 11 is 0. The maximum Gasteiger partial charge on any atom is 0.411 e. The number of nitrogens with one attached hydrogen (secondary N) is 1. The lowest BCUT2D eigenvalue weighted by Crippen LogP contribution is -2.50. The molecule has 3 aromatic carbocycles. The topological polar surface area (TPSA) is 207 Å². The van der Waals surface area contributed by atoms with Crippen LogP contribution in [0.3, 0.4) is 0 Å². The summed E-state index contributed by atoms with van der Waals surface area (Å²) in [5.74, 6) is -0.288. The number of benzene rings is 3. The van der Waals surface area contributed by atoms with Crippen molar-refractivity contribution in [1.29, 1.82) is 0 Å². The number of pyridine rings is 2. The summed E-state index contributed by atoms with van der Waals surface area (Å²) in [6, 6.07) is 17.4. The van der Waals surface area contributed by atoms with Gasteiger partial charge in [0.25, 0.3) is 5.56 Å². The number of fused-ring (bicyclic) bond motifs is 6. The molecule has 0 unspecified atom stereocenters. The number of aromatic hydroxyl groups is 3.